The molecule has 0 aliphatic rings. The van der Waals surface area contributed by atoms with Crippen molar-refractivity contribution in [1.29, 1.82) is 0 Å². The number of hydrogen-bond donors (Lipinski definition) is 1. The predicted molar refractivity (Wildman–Crippen MR) is 79.9 cm³/mol. The number of halogens is 1. The maximum Gasteiger partial charge on any atom is 0.123 e. The van der Waals surface area contributed by atoms with Crippen LogP contribution in [-0.2, 0) is 6.54 Å². The van der Waals surface area contributed by atoms with E-state index in [2.05, 4.69) is 40.9 Å². The van der Waals surface area contributed by atoms with Crippen LogP contribution in [0.4, 0.5) is 0 Å². The zero-order valence-electron chi connectivity index (χ0n) is 11.4. The minimum atomic E-state index is 0.580. The topological polar surface area (TPSA) is 38.5 Å². The lowest BCUT2D eigenvalue weighted by molar-refractivity contribution is 0.294. The number of ether oxygens (including phenoxy) is 1. The van der Waals surface area contributed by atoms with E-state index in [1.165, 1.54) is 5.56 Å². The van der Waals surface area contributed by atoms with Crippen LogP contribution in [0.1, 0.15) is 18.9 Å². The first-order valence-electron chi connectivity index (χ1n) is 6.27. The lowest BCUT2D eigenvalue weighted by Gasteiger charge is -2.20. The van der Waals surface area contributed by atoms with E-state index in [4.69, 9.17) is 10.5 Å². The van der Waals surface area contributed by atoms with Gasteiger partial charge in [0.25, 0.3) is 0 Å². The third kappa shape index (κ3) is 4.96. The molecule has 0 saturated heterocycles. The summed E-state index contributed by atoms with van der Waals surface area (Å²) < 4.78 is 6.47. The van der Waals surface area contributed by atoms with Crippen LogP contribution in [-0.4, -0.2) is 32.1 Å². The highest BCUT2D eigenvalue weighted by Crippen LogP contribution is 2.24. The van der Waals surface area contributed by atoms with Crippen LogP contribution in [0, 0.1) is 5.92 Å². The number of nitrogens with two attached hydrogens (primary N) is 1. The zero-order chi connectivity index (χ0) is 13.5. The van der Waals surface area contributed by atoms with Crippen molar-refractivity contribution in [2.75, 3.05) is 27.2 Å². The van der Waals surface area contributed by atoms with E-state index in [0.29, 0.717) is 5.92 Å². The van der Waals surface area contributed by atoms with Gasteiger partial charge >= 0.3 is 0 Å². The van der Waals surface area contributed by atoms with Crippen LogP contribution in [0.15, 0.2) is 22.7 Å². The van der Waals surface area contributed by atoms with Crippen molar-refractivity contribution >= 4 is 15.9 Å². The standard InChI is InChI=1S/C14H23BrN2O/c1-11(9-16)6-7-17(2)10-12-8-13(15)4-5-14(12)18-3/h4-5,8,11H,6-7,9-10,16H2,1-3H3. The zero-order valence-corrected chi connectivity index (χ0v) is 13.0. The summed E-state index contributed by atoms with van der Waals surface area (Å²) in [7, 11) is 3.84. The Balaban J connectivity index is 2.57. The molecule has 1 unspecified atom stereocenters. The van der Waals surface area contributed by atoms with E-state index in [1.54, 1.807) is 7.11 Å². The quantitative estimate of drug-likeness (QED) is 0.841. The molecular formula is C14H23BrN2O. The van der Waals surface area contributed by atoms with E-state index < -0.39 is 0 Å². The number of hydrogen-bond acceptors (Lipinski definition) is 3. The molecule has 1 rings (SSSR count). The summed E-state index contributed by atoms with van der Waals surface area (Å²) in [5.74, 6) is 1.52. The fourth-order valence-electron chi connectivity index (χ4n) is 1.80. The summed E-state index contributed by atoms with van der Waals surface area (Å²) in [6, 6.07) is 6.11. The Morgan fingerprint density at radius 3 is 2.78 bits per heavy atom. The monoisotopic (exact) mass is 314 g/mol. The average molecular weight is 315 g/mol. The number of rotatable bonds is 7. The fourth-order valence-corrected chi connectivity index (χ4v) is 2.21. The minimum absolute atomic E-state index is 0.580. The summed E-state index contributed by atoms with van der Waals surface area (Å²) >= 11 is 3.50. The largest absolute Gasteiger partial charge is 0.496 e. The van der Waals surface area contributed by atoms with E-state index in [1.807, 2.05) is 12.1 Å². The third-order valence-electron chi connectivity index (χ3n) is 3.09. The van der Waals surface area contributed by atoms with Gasteiger partial charge in [-0.2, -0.15) is 0 Å². The van der Waals surface area contributed by atoms with Gasteiger partial charge in [-0.1, -0.05) is 22.9 Å². The van der Waals surface area contributed by atoms with Crippen molar-refractivity contribution in [3.8, 4) is 5.75 Å². The molecule has 0 radical (unpaired) electrons. The number of benzene rings is 1. The summed E-state index contributed by atoms with van der Waals surface area (Å²) in [6.07, 6.45) is 1.13. The Kier molecular flexibility index (Phi) is 6.68. The normalized spacial score (nSPS) is 12.8. The molecule has 1 aromatic carbocycles. The van der Waals surface area contributed by atoms with Gasteiger partial charge in [-0.15, -0.1) is 0 Å². The smallest absolute Gasteiger partial charge is 0.123 e. The predicted octanol–water partition coefficient (Wildman–Crippen LogP) is 2.87. The summed E-state index contributed by atoms with van der Waals surface area (Å²) in [5, 5.41) is 0. The molecule has 18 heavy (non-hydrogen) atoms. The Bertz CT molecular complexity index is 371. The molecule has 0 heterocycles. The van der Waals surface area contributed by atoms with Crippen molar-refractivity contribution in [3.05, 3.63) is 28.2 Å². The van der Waals surface area contributed by atoms with E-state index in [0.717, 1.165) is 36.3 Å². The summed E-state index contributed by atoms with van der Waals surface area (Å²) in [6.45, 7) is 4.88. The maximum atomic E-state index is 5.63. The molecule has 0 bridgehead atoms. The average Bonchev–Trinajstić information content (AvgIpc) is 2.36. The van der Waals surface area contributed by atoms with Crippen molar-refractivity contribution in [2.45, 2.75) is 19.9 Å². The Morgan fingerprint density at radius 2 is 2.17 bits per heavy atom. The van der Waals surface area contributed by atoms with Gasteiger partial charge in [0.2, 0.25) is 0 Å². The highest BCUT2D eigenvalue weighted by Gasteiger charge is 2.08. The van der Waals surface area contributed by atoms with Crippen molar-refractivity contribution in [2.24, 2.45) is 11.7 Å². The van der Waals surface area contributed by atoms with Gasteiger partial charge in [-0.25, -0.2) is 0 Å². The lowest BCUT2D eigenvalue weighted by atomic mass is 10.1. The molecule has 0 aromatic heterocycles. The first-order valence-corrected chi connectivity index (χ1v) is 7.07. The molecule has 0 fully saturated rings. The van der Waals surface area contributed by atoms with Crippen LogP contribution in [0.25, 0.3) is 0 Å². The van der Waals surface area contributed by atoms with E-state index in [-0.39, 0.29) is 0 Å². The highest BCUT2D eigenvalue weighted by atomic mass is 79.9. The Hall–Kier alpha value is -0.580. The van der Waals surface area contributed by atoms with Gasteiger partial charge < -0.3 is 15.4 Å². The first kappa shape index (κ1) is 15.5. The second-order valence-corrected chi connectivity index (χ2v) is 5.74. The van der Waals surface area contributed by atoms with Gasteiger partial charge in [-0.3, -0.25) is 0 Å². The van der Waals surface area contributed by atoms with Crippen molar-refractivity contribution in [3.63, 3.8) is 0 Å². The second kappa shape index (κ2) is 7.77. The molecule has 0 spiro atoms. The SMILES string of the molecule is COc1ccc(Br)cc1CN(C)CCC(C)CN. The highest BCUT2D eigenvalue weighted by molar-refractivity contribution is 9.10. The molecular weight excluding hydrogens is 292 g/mol. The molecule has 102 valence electrons. The summed E-state index contributed by atoms with van der Waals surface area (Å²) in [4.78, 5) is 2.30. The van der Waals surface area contributed by atoms with Crippen LogP contribution < -0.4 is 10.5 Å². The third-order valence-corrected chi connectivity index (χ3v) is 3.58. The molecule has 4 heteroatoms. The van der Waals surface area contributed by atoms with Gasteiger partial charge in [0.15, 0.2) is 0 Å². The summed E-state index contributed by atoms with van der Waals surface area (Å²) in [5.41, 5.74) is 6.84. The molecule has 2 N–H and O–H groups in total. The second-order valence-electron chi connectivity index (χ2n) is 4.82. The maximum absolute atomic E-state index is 5.63. The number of nitrogens with zero attached hydrogens (tertiary/aromatic N) is 1. The Labute approximate surface area is 118 Å². The van der Waals surface area contributed by atoms with E-state index in [9.17, 15) is 0 Å². The first-order chi connectivity index (χ1) is 8.56. The van der Waals surface area contributed by atoms with Crippen LogP contribution in [0.2, 0.25) is 0 Å². The van der Waals surface area contributed by atoms with Gasteiger partial charge in [0.1, 0.15) is 5.75 Å². The molecule has 0 aliphatic heterocycles. The van der Waals surface area contributed by atoms with E-state index >= 15 is 0 Å². The molecule has 0 aliphatic carbocycles. The van der Waals surface area contributed by atoms with Crippen molar-refractivity contribution < 1.29 is 4.74 Å². The van der Waals surface area contributed by atoms with Gasteiger partial charge in [0, 0.05) is 16.6 Å². The van der Waals surface area contributed by atoms with Crippen LogP contribution in [0.3, 0.4) is 0 Å². The molecule has 1 atom stereocenters. The van der Waals surface area contributed by atoms with Gasteiger partial charge in [0.05, 0.1) is 7.11 Å². The molecule has 1 aromatic rings. The molecule has 0 saturated carbocycles. The fraction of sp³-hybridized carbons (Fsp3) is 0.571. The van der Waals surface area contributed by atoms with Gasteiger partial charge in [-0.05, 0) is 50.7 Å². The number of methoxy groups -OCH3 is 1. The lowest BCUT2D eigenvalue weighted by Crippen LogP contribution is -2.23. The van der Waals surface area contributed by atoms with Crippen LogP contribution >= 0.6 is 15.9 Å². The molecule has 0 amide bonds. The minimum Gasteiger partial charge on any atom is -0.496 e. The van der Waals surface area contributed by atoms with Crippen LogP contribution in [0.5, 0.6) is 5.75 Å². The van der Waals surface area contributed by atoms with Crippen molar-refractivity contribution in [1.82, 2.24) is 4.90 Å². The molecule has 3 nitrogen and oxygen atoms in total. The Morgan fingerprint density at radius 1 is 1.44 bits per heavy atom.